The molecule has 0 saturated carbocycles. The Morgan fingerprint density at radius 3 is 2.57 bits per heavy atom. The van der Waals surface area contributed by atoms with Crippen LogP contribution in [0.25, 0.3) is 0 Å². The van der Waals surface area contributed by atoms with Gasteiger partial charge in [-0.25, -0.2) is 0 Å². The van der Waals surface area contributed by atoms with Gasteiger partial charge in [0.05, 0.1) is 6.26 Å². The van der Waals surface area contributed by atoms with Gasteiger partial charge in [0.2, 0.25) is 0 Å². The average molecular weight is 281 g/mol. The number of ether oxygens (including phenoxy) is 1. The molecule has 3 nitrogen and oxygen atoms in total. The third-order valence-corrected chi connectivity index (χ3v) is 3.18. The lowest BCUT2D eigenvalue weighted by atomic mass is 10.1. The Labute approximate surface area is 125 Å². The second kappa shape index (κ2) is 7.29. The molecule has 1 amide bonds. The molecular formula is C18H19NO2. The van der Waals surface area contributed by atoms with Crippen molar-refractivity contribution < 1.29 is 9.53 Å². The van der Waals surface area contributed by atoms with Crippen molar-refractivity contribution in [1.82, 2.24) is 0 Å². The standard InChI is InChI=1S/C18H19NO2/c1-14-8-9-17(12-15(14)2)19-18(20)10-11-21-13-16-6-4-3-5-7-16/h3-12H,13H2,1-2H3,(H,19,20). The van der Waals surface area contributed by atoms with Crippen molar-refractivity contribution >= 4 is 11.6 Å². The Morgan fingerprint density at radius 1 is 1.10 bits per heavy atom. The van der Waals surface area contributed by atoms with E-state index in [4.69, 9.17) is 4.74 Å². The lowest BCUT2D eigenvalue weighted by molar-refractivity contribution is -0.112. The van der Waals surface area contributed by atoms with Gasteiger partial charge in [-0.15, -0.1) is 0 Å². The van der Waals surface area contributed by atoms with Crippen LogP contribution in [0.3, 0.4) is 0 Å². The zero-order valence-electron chi connectivity index (χ0n) is 12.3. The van der Waals surface area contributed by atoms with Crippen molar-refractivity contribution in [3.63, 3.8) is 0 Å². The SMILES string of the molecule is Cc1ccc(NC(=O)C=COCc2ccccc2)cc1C. The minimum Gasteiger partial charge on any atom is -0.496 e. The molecule has 0 heterocycles. The van der Waals surface area contributed by atoms with Gasteiger partial charge in [0.1, 0.15) is 6.61 Å². The molecule has 0 aliphatic carbocycles. The lowest BCUT2D eigenvalue weighted by Crippen LogP contribution is -2.08. The summed E-state index contributed by atoms with van der Waals surface area (Å²) in [7, 11) is 0. The number of amides is 1. The van der Waals surface area contributed by atoms with Crippen LogP contribution in [0, 0.1) is 13.8 Å². The van der Waals surface area contributed by atoms with Gasteiger partial charge in [0.25, 0.3) is 5.91 Å². The monoisotopic (exact) mass is 281 g/mol. The predicted molar refractivity (Wildman–Crippen MR) is 84.9 cm³/mol. The topological polar surface area (TPSA) is 38.3 Å². The fourth-order valence-corrected chi connectivity index (χ4v) is 1.83. The van der Waals surface area contributed by atoms with Crippen molar-refractivity contribution in [3.8, 4) is 0 Å². The zero-order valence-corrected chi connectivity index (χ0v) is 12.3. The molecule has 0 radical (unpaired) electrons. The molecule has 0 saturated heterocycles. The summed E-state index contributed by atoms with van der Waals surface area (Å²) in [4.78, 5) is 11.7. The highest BCUT2D eigenvalue weighted by Crippen LogP contribution is 2.14. The van der Waals surface area contributed by atoms with E-state index in [0.717, 1.165) is 16.8 Å². The highest BCUT2D eigenvalue weighted by molar-refractivity contribution is 5.99. The summed E-state index contributed by atoms with van der Waals surface area (Å²) >= 11 is 0. The Balaban J connectivity index is 1.81. The summed E-state index contributed by atoms with van der Waals surface area (Å²) in [5.41, 5.74) is 4.21. The number of carbonyl (C=O) groups is 1. The second-order valence-electron chi connectivity index (χ2n) is 4.89. The van der Waals surface area contributed by atoms with Crippen LogP contribution in [0.5, 0.6) is 0 Å². The van der Waals surface area contributed by atoms with Crippen LogP contribution in [0.1, 0.15) is 16.7 Å². The maximum atomic E-state index is 11.7. The fraction of sp³-hybridized carbons (Fsp3) is 0.167. The van der Waals surface area contributed by atoms with Crippen LogP contribution in [-0.2, 0) is 16.1 Å². The first-order valence-electron chi connectivity index (χ1n) is 6.85. The number of carbonyl (C=O) groups excluding carboxylic acids is 1. The Morgan fingerprint density at radius 2 is 1.86 bits per heavy atom. The average Bonchev–Trinajstić information content (AvgIpc) is 2.49. The van der Waals surface area contributed by atoms with Gasteiger partial charge in [0, 0.05) is 11.8 Å². The molecule has 0 spiro atoms. The number of nitrogens with one attached hydrogen (secondary N) is 1. The van der Waals surface area contributed by atoms with Crippen LogP contribution in [0.15, 0.2) is 60.9 Å². The first-order valence-corrected chi connectivity index (χ1v) is 6.85. The van der Waals surface area contributed by atoms with E-state index < -0.39 is 0 Å². The van der Waals surface area contributed by atoms with Gasteiger partial charge >= 0.3 is 0 Å². The van der Waals surface area contributed by atoms with E-state index in [1.807, 2.05) is 62.4 Å². The molecule has 0 fully saturated rings. The third-order valence-electron chi connectivity index (χ3n) is 3.18. The van der Waals surface area contributed by atoms with E-state index in [0.29, 0.717) is 6.61 Å². The number of aryl methyl sites for hydroxylation is 2. The van der Waals surface area contributed by atoms with Crippen molar-refractivity contribution in [2.45, 2.75) is 20.5 Å². The van der Waals surface area contributed by atoms with Crippen LogP contribution in [0.2, 0.25) is 0 Å². The zero-order chi connectivity index (χ0) is 15.1. The normalized spacial score (nSPS) is 10.6. The second-order valence-corrected chi connectivity index (χ2v) is 4.89. The number of anilines is 1. The van der Waals surface area contributed by atoms with Gasteiger partial charge < -0.3 is 10.1 Å². The molecule has 0 bridgehead atoms. The van der Waals surface area contributed by atoms with Gasteiger partial charge in [0.15, 0.2) is 0 Å². The molecule has 108 valence electrons. The van der Waals surface area contributed by atoms with E-state index in [-0.39, 0.29) is 5.91 Å². The Hall–Kier alpha value is -2.55. The van der Waals surface area contributed by atoms with Gasteiger partial charge in [-0.3, -0.25) is 4.79 Å². The van der Waals surface area contributed by atoms with Crippen LogP contribution < -0.4 is 5.32 Å². The fourth-order valence-electron chi connectivity index (χ4n) is 1.83. The highest BCUT2D eigenvalue weighted by atomic mass is 16.5. The molecule has 3 heteroatoms. The van der Waals surface area contributed by atoms with Crippen molar-refractivity contribution in [2.24, 2.45) is 0 Å². The smallest absolute Gasteiger partial charge is 0.251 e. The molecule has 2 aromatic rings. The molecule has 0 unspecified atom stereocenters. The summed E-state index contributed by atoms with van der Waals surface area (Å²) < 4.78 is 5.33. The Bertz CT molecular complexity index is 633. The third kappa shape index (κ3) is 4.80. The maximum absolute atomic E-state index is 11.7. The predicted octanol–water partition coefficient (Wildman–Crippen LogP) is 3.97. The number of hydrogen-bond acceptors (Lipinski definition) is 2. The molecule has 0 aromatic heterocycles. The van der Waals surface area contributed by atoms with E-state index in [1.54, 1.807) is 0 Å². The first-order chi connectivity index (χ1) is 10.1. The molecule has 2 aromatic carbocycles. The quantitative estimate of drug-likeness (QED) is 0.665. The lowest BCUT2D eigenvalue weighted by Gasteiger charge is -2.05. The van der Waals surface area contributed by atoms with Gasteiger partial charge in [-0.05, 0) is 42.7 Å². The summed E-state index contributed by atoms with van der Waals surface area (Å²) in [6.45, 7) is 4.51. The van der Waals surface area contributed by atoms with Crippen LogP contribution in [-0.4, -0.2) is 5.91 Å². The molecular weight excluding hydrogens is 262 g/mol. The minimum absolute atomic E-state index is 0.202. The molecule has 0 atom stereocenters. The van der Waals surface area contributed by atoms with Gasteiger partial charge in [-0.1, -0.05) is 36.4 Å². The van der Waals surface area contributed by atoms with Crippen molar-refractivity contribution in [3.05, 3.63) is 77.6 Å². The van der Waals surface area contributed by atoms with E-state index >= 15 is 0 Å². The van der Waals surface area contributed by atoms with E-state index in [2.05, 4.69) is 5.32 Å². The largest absolute Gasteiger partial charge is 0.496 e. The first kappa shape index (κ1) is 14.9. The number of rotatable bonds is 5. The number of benzene rings is 2. The van der Waals surface area contributed by atoms with Crippen molar-refractivity contribution in [1.29, 1.82) is 0 Å². The van der Waals surface area contributed by atoms with E-state index in [9.17, 15) is 4.79 Å². The number of hydrogen-bond donors (Lipinski definition) is 1. The van der Waals surface area contributed by atoms with Crippen LogP contribution >= 0.6 is 0 Å². The van der Waals surface area contributed by atoms with Crippen LogP contribution in [0.4, 0.5) is 5.69 Å². The van der Waals surface area contributed by atoms with Gasteiger partial charge in [-0.2, -0.15) is 0 Å². The highest BCUT2D eigenvalue weighted by Gasteiger charge is 1.99. The van der Waals surface area contributed by atoms with Crippen molar-refractivity contribution in [2.75, 3.05) is 5.32 Å². The maximum Gasteiger partial charge on any atom is 0.251 e. The summed E-state index contributed by atoms with van der Waals surface area (Å²) in [5.74, 6) is -0.202. The summed E-state index contributed by atoms with van der Waals surface area (Å²) in [6, 6.07) is 15.6. The minimum atomic E-state index is -0.202. The molecule has 1 N–H and O–H groups in total. The molecule has 0 aliphatic heterocycles. The van der Waals surface area contributed by atoms with E-state index in [1.165, 1.54) is 17.9 Å². The summed E-state index contributed by atoms with van der Waals surface area (Å²) in [5, 5.41) is 2.80. The molecule has 21 heavy (non-hydrogen) atoms. The molecule has 0 aliphatic rings. The summed E-state index contributed by atoms with van der Waals surface area (Å²) in [6.07, 6.45) is 2.81. The molecule has 2 rings (SSSR count). The Kier molecular flexibility index (Phi) is 5.16.